The van der Waals surface area contributed by atoms with Crippen molar-refractivity contribution in [3.63, 3.8) is 0 Å². The first kappa shape index (κ1) is 16.0. The molecule has 1 aliphatic rings. The van der Waals surface area contributed by atoms with Crippen LogP contribution in [0.1, 0.15) is 20.8 Å². The number of piperazine rings is 1. The molecule has 0 radical (unpaired) electrons. The van der Waals surface area contributed by atoms with Gasteiger partial charge in [0.2, 0.25) is 0 Å². The van der Waals surface area contributed by atoms with Crippen molar-refractivity contribution in [1.82, 2.24) is 14.9 Å². The molecule has 1 atom stereocenters. The zero-order chi connectivity index (χ0) is 16.3. The smallest absolute Gasteiger partial charge is 0.410 e. The van der Waals surface area contributed by atoms with Gasteiger partial charge < -0.3 is 19.6 Å². The summed E-state index contributed by atoms with van der Waals surface area (Å²) in [6.45, 7) is 6.09. The number of aromatic nitrogens is 2. The van der Waals surface area contributed by atoms with E-state index in [0.29, 0.717) is 18.9 Å². The number of carboxylic acids is 1. The zero-order valence-electron chi connectivity index (χ0n) is 12.9. The Labute approximate surface area is 128 Å². The molecule has 0 unspecified atom stereocenters. The Morgan fingerprint density at radius 3 is 2.59 bits per heavy atom. The highest BCUT2D eigenvalue weighted by Crippen LogP contribution is 2.19. The van der Waals surface area contributed by atoms with Gasteiger partial charge in [-0.25, -0.2) is 14.6 Å². The van der Waals surface area contributed by atoms with Gasteiger partial charge in [-0.1, -0.05) is 0 Å². The molecule has 0 saturated carbocycles. The molecule has 0 aliphatic carbocycles. The number of carbonyl (C=O) groups excluding carboxylic acids is 1. The maximum Gasteiger partial charge on any atom is 0.410 e. The fourth-order valence-corrected chi connectivity index (χ4v) is 2.20. The second kappa shape index (κ2) is 6.17. The molecule has 0 aromatic carbocycles. The number of rotatable bonds is 2. The van der Waals surface area contributed by atoms with Crippen molar-refractivity contribution >= 4 is 17.9 Å². The van der Waals surface area contributed by atoms with Crippen LogP contribution in [0.2, 0.25) is 0 Å². The fraction of sp³-hybridized carbons (Fsp3) is 0.571. The number of hydrogen-bond acceptors (Lipinski definition) is 6. The number of anilines is 1. The molecule has 8 heteroatoms. The summed E-state index contributed by atoms with van der Waals surface area (Å²) in [4.78, 5) is 34.7. The average molecular weight is 308 g/mol. The number of amides is 1. The van der Waals surface area contributed by atoms with E-state index in [0.717, 1.165) is 0 Å². The van der Waals surface area contributed by atoms with Crippen LogP contribution in [0.4, 0.5) is 10.6 Å². The standard InChI is InChI=1S/C14H20N4O4/c1-14(2,3)22-13(21)17-6-7-18(10(9-17)12(19)20)11-8-15-4-5-16-11/h4-5,8,10H,6-7,9H2,1-3H3,(H,19,20)/t10-/m1/s1. The topological polar surface area (TPSA) is 95.9 Å². The quantitative estimate of drug-likeness (QED) is 0.870. The first-order valence-corrected chi connectivity index (χ1v) is 7.01. The van der Waals surface area contributed by atoms with Crippen LogP contribution in [-0.2, 0) is 9.53 Å². The predicted octanol–water partition coefficient (Wildman–Crippen LogP) is 0.987. The summed E-state index contributed by atoms with van der Waals surface area (Å²) in [5, 5.41) is 9.43. The minimum Gasteiger partial charge on any atom is -0.480 e. The SMILES string of the molecule is CC(C)(C)OC(=O)N1CCN(c2cnccn2)[C@@H](C(=O)O)C1. The Balaban J connectivity index is 2.12. The van der Waals surface area contributed by atoms with E-state index < -0.39 is 23.7 Å². The number of carboxylic acid groups (broad SMARTS) is 1. The minimum atomic E-state index is -1.01. The Hall–Kier alpha value is -2.38. The predicted molar refractivity (Wildman–Crippen MR) is 78.6 cm³/mol. The Morgan fingerprint density at radius 2 is 2.05 bits per heavy atom. The van der Waals surface area contributed by atoms with Crippen LogP contribution >= 0.6 is 0 Å². The van der Waals surface area contributed by atoms with Gasteiger partial charge in [0.05, 0.1) is 12.7 Å². The monoisotopic (exact) mass is 308 g/mol. The molecular weight excluding hydrogens is 288 g/mol. The molecule has 120 valence electrons. The molecule has 22 heavy (non-hydrogen) atoms. The highest BCUT2D eigenvalue weighted by molar-refractivity contribution is 5.80. The summed E-state index contributed by atoms with van der Waals surface area (Å²) in [7, 11) is 0. The lowest BCUT2D eigenvalue weighted by atomic mass is 10.1. The molecule has 1 aromatic heterocycles. The van der Waals surface area contributed by atoms with Crippen molar-refractivity contribution in [2.45, 2.75) is 32.4 Å². The molecule has 0 spiro atoms. The lowest BCUT2D eigenvalue weighted by Gasteiger charge is -2.40. The molecule has 0 bridgehead atoms. The normalized spacial score (nSPS) is 19.0. The molecular formula is C14H20N4O4. The molecule has 2 heterocycles. The van der Waals surface area contributed by atoms with Gasteiger partial charge in [0.25, 0.3) is 0 Å². The number of nitrogens with zero attached hydrogens (tertiary/aromatic N) is 4. The van der Waals surface area contributed by atoms with Crippen LogP contribution < -0.4 is 4.90 Å². The van der Waals surface area contributed by atoms with Crippen molar-refractivity contribution in [2.75, 3.05) is 24.5 Å². The van der Waals surface area contributed by atoms with Gasteiger partial charge in [0, 0.05) is 25.5 Å². The van der Waals surface area contributed by atoms with Crippen LogP contribution in [0.15, 0.2) is 18.6 Å². The lowest BCUT2D eigenvalue weighted by molar-refractivity contribution is -0.139. The van der Waals surface area contributed by atoms with Crippen LogP contribution in [-0.4, -0.2) is 63.3 Å². The molecule has 1 amide bonds. The van der Waals surface area contributed by atoms with E-state index in [-0.39, 0.29) is 6.54 Å². The second-order valence-corrected chi connectivity index (χ2v) is 6.04. The summed E-state index contributed by atoms with van der Waals surface area (Å²) in [5.41, 5.74) is -0.613. The van der Waals surface area contributed by atoms with Crippen molar-refractivity contribution in [3.05, 3.63) is 18.6 Å². The third-order valence-corrected chi connectivity index (χ3v) is 3.16. The maximum atomic E-state index is 12.1. The summed E-state index contributed by atoms with van der Waals surface area (Å²) < 4.78 is 5.29. The number of hydrogen-bond donors (Lipinski definition) is 1. The molecule has 1 aromatic rings. The van der Waals surface area contributed by atoms with Gasteiger partial charge in [-0.2, -0.15) is 0 Å². The third kappa shape index (κ3) is 3.84. The molecule has 2 rings (SSSR count). The molecule has 1 aliphatic heterocycles. The van der Waals surface area contributed by atoms with E-state index in [1.165, 1.54) is 23.5 Å². The average Bonchev–Trinajstić information content (AvgIpc) is 2.45. The van der Waals surface area contributed by atoms with Gasteiger partial charge in [0.15, 0.2) is 0 Å². The Kier molecular flexibility index (Phi) is 4.48. The molecule has 1 N–H and O–H groups in total. The Morgan fingerprint density at radius 1 is 1.32 bits per heavy atom. The van der Waals surface area contributed by atoms with Crippen molar-refractivity contribution in [2.24, 2.45) is 0 Å². The highest BCUT2D eigenvalue weighted by Gasteiger charge is 2.36. The molecule has 8 nitrogen and oxygen atoms in total. The van der Waals surface area contributed by atoms with Crippen molar-refractivity contribution < 1.29 is 19.4 Å². The number of carbonyl (C=O) groups is 2. The van der Waals surface area contributed by atoms with Gasteiger partial charge in [-0.15, -0.1) is 0 Å². The fourth-order valence-electron chi connectivity index (χ4n) is 2.20. The molecule has 1 fully saturated rings. The van der Waals surface area contributed by atoms with Crippen LogP contribution in [0.3, 0.4) is 0 Å². The van der Waals surface area contributed by atoms with E-state index >= 15 is 0 Å². The van der Waals surface area contributed by atoms with E-state index in [2.05, 4.69) is 9.97 Å². The zero-order valence-corrected chi connectivity index (χ0v) is 12.9. The lowest BCUT2D eigenvalue weighted by Crippen LogP contribution is -2.58. The van der Waals surface area contributed by atoms with E-state index in [4.69, 9.17) is 4.74 Å². The van der Waals surface area contributed by atoms with Gasteiger partial charge in [-0.3, -0.25) is 4.98 Å². The van der Waals surface area contributed by atoms with E-state index in [1.54, 1.807) is 25.7 Å². The summed E-state index contributed by atoms with van der Waals surface area (Å²) >= 11 is 0. The highest BCUT2D eigenvalue weighted by atomic mass is 16.6. The summed E-state index contributed by atoms with van der Waals surface area (Å²) in [6, 6.07) is -0.877. The van der Waals surface area contributed by atoms with Gasteiger partial charge >= 0.3 is 12.1 Å². The first-order valence-electron chi connectivity index (χ1n) is 7.01. The second-order valence-electron chi connectivity index (χ2n) is 6.04. The number of aliphatic carboxylic acids is 1. The molecule has 1 saturated heterocycles. The first-order chi connectivity index (χ1) is 10.3. The number of ether oxygens (including phenoxy) is 1. The van der Waals surface area contributed by atoms with E-state index in [1.807, 2.05) is 0 Å². The van der Waals surface area contributed by atoms with Gasteiger partial charge in [0.1, 0.15) is 17.5 Å². The van der Waals surface area contributed by atoms with Crippen LogP contribution in [0.25, 0.3) is 0 Å². The minimum absolute atomic E-state index is 0.0425. The van der Waals surface area contributed by atoms with Crippen LogP contribution in [0.5, 0.6) is 0 Å². The third-order valence-electron chi connectivity index (χ3n) is 3.16. The summed E-state index contributed by atoms with van der Waals surface area (Å²) in [6.07, 6.45) is 4.04. The van der Waals surface area contributed by atoms with E-state index in [9.17, 15) is 14.7 Å². The van der Waals surface area contributed by atoms with Crippen LogP contribution in [0, 0.1) is 0 Å². The largest absolute Gasteiger partial charge is 0.480 e. The Bertz CT molecular complexity index is 544. The van der Waals surface area contributed by atoms with Crippen molar-refractivity contribution in [3.8, 4) is 0 Å². The summed E-state index contributed by atoms with van der Waals surface area (Å²) in [5.74, 6) is -0.530. The maximum absolute atomic E-state index is 12.1. The van der Waals surface area contributed by atoms with Gasteiger partial charge in [-0.05, 0) is 20.8 Å². The van der Waals surface area contributed by atoms with Crippen molar-refractivity contribution in [1.29, 1.82) is 0 Å².